The van der Waals surface area contributed by atoms with Gasteiger partial charge in [0.15, 0.2) is 0 Å². The molecule has 0 saturated heterocycles. The third kappa shape index (κ3) is 6.30. The zero-order chi connectivity index (χ0) is 43.1. The molecule has 3 aliphatic rings. The number of pyridine rings is 1. The number of nitrogens with zero attached hydrogens (tertiary/aromatic N) is 3. The summed E-state index contributed by atoms with van der Waals surface area (Å²) >= 11 is 2.87. The minimum atomic E-state index is -0.287. The molecule has 64 heavy (non-hydrogen) atoms. The zero-order valence-corrected chi connectivity index (χ0v) is 36.9. The van der Waals surface area contributed by atoms with Gasteiger partial charge in [-0.25, -0.2) is 9.98 Å². The SMILES string of the molecule is CC1(C)c2cc(C(=N)SC(=N)c3cccc(-c4cc5ccccc5c5ccccc45)n3)ccc2-c2ccc(C3=[N+]=C(C4=NC(c5cc6ccccc6c6ccccc56)=CCC4)S3)cc21. The molecular formula is C57H40N5S2+. The molecule has 5 nitrogen and oxygen atoms in total. The summed E-state index contributed by atoms with van der Waals surface area (Å²) in [6.45, 7) is 4.54. The van der Waals surface area contributed by atoms with E-state index in [9.17, 15) is 5.41 Å². The normalized spacial score (nSPS) is 15.0. The lowest BCUT2D eigenvalue weighted by molar-refractivity contribution is 0.660. The van der Waals surface area contributed by atoms with Crippen molar-refractivity contribution in [2.75, 3.05) is 0 Å². The summed E-state index contributed by atoms with van der Waals surface area (Å²) in [5.41, 5.74) is 12.1. The average molecular weight is 859 g/mol. The highest BCUT2D eigenvalue weighted by Gasteiger charge is 2.41. The summed E-state index contributed by atoms with van der Waals surface area (Å²) in [6.07, 6.45) is 4.08. The minimum Gasteiger partial charge on any atom is -0.293 e. The maximum absolute atomic E-state index is 9.19. The van der Waals surface area contributed by atoms with E-state index in [0.29, 0.717) is 10.7 Å². The quantitative estimate of drug-likeness (QED) is 0.0756. The molecule has 0 radical (unpaired) electrons. The Morgan fingerprint density at radius 2 is 1.17 bits per heavy atom. The third-order valence-electron chi connectivity index (χ3n) is 13.1. The fourth-order valence-corrected chi connectivity index (χ4v) is 11.3. The van der Waals surface area contributed by atoms with Crippen LogP contribution in [0.1, 0.15) is 60.2 Å². The van der Waals surface area contributed by atoms with Crippen LogP contribution in [0.5, 0.6) is 0 Å². The molecule has 3 heterocycles. The summed E-state index contributed by atoms with van der Waals surface area (Å²) < 4.78 is 5.10. The molecule has 1 aromatic heterocycles. The molecule has 0 fully saturated rings. The molecule has 2 aliphatic heterocycles. The molecule has 1 aliphatic carbocycles. The molecule has 2 N–H and O–H groups in total. The Labute approximate surface area is 379 Å². The molecule has 9 aromatic rings. The lowest BCUT2D eigenvalue weighted by atomic mass is 9.81. The predicted octanol–water partition coefficient (Wildman–Crippen LogP) is 14.0. The molecule has 0 saturated carbocycles. The van der Waals surface area contributed by atoms with Gasteiger partial charge in [-0.2, -0.15) is 0 Å². The second kappa shape index (κ2) is 15.0. The van der Waals surface area contributed by atoms with Gasteiger partial charge < -0.3 is 0 Å². The Kier molecular flexibility index (Phi) is 9.03. The number of thioether (sulfide) groups is 2. The zero-order valence-electron chi connectivity index (χ0n) is 35.2. The molecule has 0 atom stereocenters. The van der Waals surface area contributed by atoms with Gasteiger partial charge in [0.05, 0.1) is 34.4 Å². The summed E-state index contributed by atoms with van der Waals surface area (Å²) in [6, 6.07) is 57.5. The third-order valence-corrected chi connectivity index (χ3v) is 15.0. The van der Waals surface area contributed by atoms with E-state index in [1.807, 2.05) is 24.3 Å². The van der Waals surface area contributed by atoms with Crippen LogP contribution in [-0.2, 0) is 5.41 Å². The van der Waals surface area contributed by atoms with Gasteiger partial charge in [-0.05, 0) is 126 Å². The molecule has 0 spiro atoms. The van der Waals surface area contributed by atoms with Crippen molar-refractivity contribution >= 4 is 98.2 Å². The van der Waals surface area contributed by atoms with E-state index in [2.05, 4.69) is 159 Å². The first-order chi connectivity index (χ1) is 31.3. The van der Waals surface area contributed by atoms with Gasteiger partial charge in [0.2, 0.25) is 0 Å². The number of hydrogen-bond donors (Lipinski definition) is 2. The first-order valence-electron chi connectivity index (χ1n) is 21.6. The fourth-order valence-electron chi connectivity index (χ4n) is 9.82. The molecule has 0 unspecified atom stereocenters. The Morgan fingerprint density at radius 1 is 0.578 bits per heavy atom. The van der Waals surface area contributed by atoms with Crippen LogP contribution in [0.15, 0.2) is 175 Å². The summed E-state index contributed by atoms with van der Waals surface area (Å²) in [5.74, 6) is 0. The van der Waals surface area contributed by atoms with Crippen LogP contribution < -0.4 is 4.67 Å². The van der Waals surface area contributed by atoms with Crippen molar-refractivity contribution in [1.29, 1.82) is 10.8 Å². The topological polar surface area (TPSA) is 87.0 Å². The summed E-state index contributed by atoms with van der Waals surface area (Å²) in [7, 11) is 0. The smallest absolute Gasteiger partial charge is 0.293 e. The number of aliphatic imine (C=N–C) groups is 1. The van der Waals surface area contributed by atoms with E-state index in [0.717, 1.165) is 79.3 Å². The van der Waals surface area contributed by atoms with Crippen LogP contribution in [0, 0.1) is 10.8 Å². The van der Waals surface area contributed by atoms with Crippen molar-refractivity contribution < 1.29 is 0 Å². The van der Waals surface area contributed by atoms with E-state index in [-0.39, 0.29) is 10.5 Å². The molecular weight excluding hydrogens is 819 g/mol. The molecule has 7 heteroatoms. The van der Waals surface area contributed by atoms with Crippen molar-refractivity contribution in [3.8, 4) is 22.4 Å². The van der Waals surface area contributed by atoms with Crippen molar-refractivity contribution in [2.24, 2.45) is 4.99 Å². The number of hydrogen-bond acceptors (Lipinski definition) is 6. The number of allylic oxidation sites excluding steroid dienone is 1. The Balaban J connectivity index is 0.792. The minimum absolute atomic E-state index is 0.244. The van der Waals surface area contributed by atoms with Crippen LogP contribution in [0.2, 0.25) is 0 Å². The molecule has 0 amide bonds. The van der Waals surface area contributed by atoms with Crippen LogP contribution in [0.3, 0.4) is 0 Å². The maximum Gasteiger partial charge on any atom is 0.395 e. The monoisotopic (exact) mass is 858 g/mol. The molecule has 8 aromatic carbocycles. The van der Waals surface area contributed by atoms with Gasteiger partial charge >= 0.3 is 10.1 Å². The van der Waals surface area contributed by atoms with Crippen molar-refractivity contribution in [2.45, 2.75) is 32.1 Å². The predicted molar refractivity (Wildman–Crippen MR) is 275 cm³/mol. The summed E-state index contributed by atoms with van der Waals surface area (Å²) in [5, 5.41) is 30.5. The highest BCUT2D eigenvalue weighted by molar-refractivity contribution is 8.30. The standard InChI is InChI=1S/C57H40N5S2/c1-57(2)47-31-35(53(58)63-54(59)51-23-11-21-49(60-51)45-29-33-13-3-5-15-37(33)39-17-7-9-19-41(39)45)25-27-43(47)44-28-26-36(32-48(44)57)55-62-56(64-55)52-24-12-22-50(61-52)46-30-34-14-4-6-16-38(34)40-18-8-10-20-42(40)46/h3-11,13-23,25-32,58-59H,12,24H2,1-2H3/q+1. The fraction of sp³-hybridized carbons (Fsp3) is 0.0877. The Morgan fingerprint density at radius 3 is 1.88 bits per heavy atom. The Hall–Kier alpha value is -7.15. The van der Waals surface area contributed by atoms with Gasteiger partial charge in [0, 0.05) is 28.5 Å². The lowest BCUT2D eigenvalue weighted by Gasteiger charge is -2.22. The highest BCUT2D eigenvalue weighted by Crippen LogP contribution is 2.50. The van der Waals surface area contributed by atoms with Crippen LogP contribution in [-0.4, -0.2) is 30.9 Å². The second-order valence-corrected chi connectivity index (χ2v) is 19.2. The Bertz CT molecular complexity index is 3680. The first-order valence-corrected chi connectivity index (χ1v) is 23.3. The largest absolute Gasteiger partial charge is 0.395 e. The van der Waals surface area contributed by atoms with E-state index < -0.39 is 0 Å². The average Bonchev–Trinajstić information content (AvgIpc) is 3.55. The van der Waals surface area contributed by atoms with Crippen molar-refractivity contribution in [1.82, 2.24) is 9.65 Å². The number of nitrogens with one attached hydrogen (secondary N) is 2. The van der Waals surface area contributed by atoms with Gasteiger partial charge in [-0.3, -0.25) is 10.8 Å². The lowest BCUT2D eigenvalue weighted by Crippen LogP contribution is -2.27. The van der Waals surface area contributed by atoms with E-state index in [1.54, 1.807) is 11.8 Å². The molecule has 0 bridgehead atoms. The van der Waals surface area contributed by atoms with E-state index >= 15 is 0 Å². The highest BCUT2D eigenvalue weighted by atomic mass is 32.2. The molecule has 304 valence electrons. The number of benzene rings is 8. The van der Waals surface area contributed by atoms with Gasteiger partial charge in [0.25, 0.3) is 0 Å². The first kappa shape index (κ1) is 38.5. The van der Waals surface area contributed by atoms with Crippen LogP contribution in [0.25, 0.3) is 71.2 Å². The molecule has 12 rings (SSSR count). The number of aromatic nitrogens is 1. The number of fused-ring (bicyclic) bond motifs is 9. The van der Waals surface area contributed by atoms with Gasteiger partial charge in [-0.15, -0.1) is 0 Å². The van der Waals surface area contributed by atoms with E-state index in [1.165, 1.54) is 60.1 Å². The number of rotatable bonds is 6. The van der Waals surface area contributed by atoms with Crippen LogP contribution in [0.4, 0.5) is 0 Å². The van der Waals surface area contributed by atoms with Crippen molar-refractivity contribution in [3.63, 3.8) is 0 Å². The van der Waals surface area contributed by atoms with Gasteiger partial charge in [0.1, 0.15) is 15.8 Å². The maximum atomic E-state index is 9.19. The summed E-state index contributed by atoms with van der Waals surface area (Å²) in [4.78, 5) is 10.2. The second-order valence-electron chi connectivity index (χ2n) is 17.2. The van der Waals surface area contributed by atoms with Crippen LogP contribution >= 0.6 is 23.5 Å². The van der Waals surface area contributed by atoms with Gasteiger partial charge in [-0.1, -0.05) is 146 Å². The van der Waals surface area contributed by atoms with Crippen molar-refractivity contribution in [3.05, 3.63) is 203 Å². The van der Waals surface area contributed by atoms with E-state index in [4.69, 9.17) is 20.1 Å².